The van der Waals surface area contributed by atoms with E-state index in [-0.39, 0.29) is 0 Å². The highest BCUT2D eigenvalue weighted by atomic mass is 16.3. The molecule has 322 valence electrons. The Kier molecular flexibility index (Phi) is 8.84. The zero-order chi connectivity index (χ0) is 45.5. The number of benzene rings is 12. The van der Waals surface area contributed by atoms with E-state index in [2.05, 4.69) is 266 Å². The maximum atomic E-state index is 7.04. The summed E-state index contributed by atoms with van der Waals surface area (Å²) in [5.74, 6) is 0. The second kappa shape index (κ2) is 15.6. The summed E-state index contributed by atoms with van der Waals surface area (Å²) >= 11 is 0. The molecule has 1 aliphatic rings. The molecule has 12 aromatic carbocycles. The van der Waals surface area contributed by atoms with Crippen molar-refractivity contribution in [3.05, 3.63) is 283 Å². The van der Waals surface area contributed by atoms with Gasteiger partial charge in [-0.2, -0.15) is 0 Å². The van der Waals surface area contributed by atoms with Gasteiger partial charge in [0.25, 0.3) is 0 Å². The van der Waals surface area contributed by atoms with Gasteiger partial charge in [-0.05, 0) is 102 Å². The fraction of sp³-hybridized carbons (Fsp3) is 0.0149. The fourth-order valence-corrected chi connectivity index (χ4v) is 11.7. The van der Waals surface area contributed by atoms with Crippen molar-refractivity contribution in [3.63, 3.8) is 0 Å². The minimum absolute atomic E-state index is 0.552. The molecule has 1 aliphatic carbocycles. The summed E-state index contributed by atoms with van der Waals surface area (Å²) in [6.45, 7) is 0. The van der Waals surface area contributed by atoms with Gasteiger partial charge in [0.05, 0.1) is 16.8 Å². The van der Waals surface area contributed by atoms with Crippen LogP contribution in [0.4, 0.5) is 17.1 Å². The molecule has 2 heteroatoms. The predicted octanol–water partition coefficient (Wildman–Crippen LogP) is 18.2. The standard InChI is InChI=1S/C67H43NO/c1-3-19-49(20-4-1)67(50-21-5-2-6-22-50)60-29-13-11-26-59(60)64-61(67)30-16-32-63(64)68(51-39-35-44(36-40-51)47-38-41-53-48(43-47)34-33-45-17-7-9-23-52(45)53)62-31-14-12-25-55(62)56-27-15-28-57-58-42-37-46-18-8-10-24-54(46)65(58)69-66(56)57/h1-43H. The largest absolute Gasteiger partial charge is 0.455 e. The zero-order valence-electron chi connectivity index (χ0n) is 37.7. The van der Waals surface area contributed by atoms with Gasteiger partial charge in [0, 0.05) is 38.5 Å². The molecule has 2 nitrogen and oxygen atoms in total. The van der Waals surface area contributed by atoms with E-state index >= 15 is 0 Å². The first-order valence-corrected chi connectivity index (χ1v) is 23.8. The molecule has 0 N–H and O–H groups in total. The van der Waals surface area contributed by atoms with Crippen molar-refractivity contribution in [2.45, 2.75) is 5.41 Å². The van der Waals surface area contributed by atoms with Gasteiger partial charge in [-0.1, -0.05) is 224 Å². The molecular formula is C67H43NO. The first-order chi connectivity index (χ1) is 34.2. The van der Waals surface area contributed by atoms with E-state index < -0.39 is 5.41 Å². The highest BCUT2D eigenvalue weighted by Crippen LogP contribution is 2.60. The average Bonchev–Trinajstić information content (AvgIpc) is 3.97. The summed E-state index contributed by atoms with van der Waals surface area (Å²) in [6.07, 6.45) is 0. The normalized spacial score (nSPS) is 12.8. The Labute approximate surface area is 400 Å². The molecule has 0 bridgehead atoms. The van der Waals surface area contributed by atoms with Gasteiger partial charge >= 0.3 is 0 Å². The monoisotopic (exact) mass is 877 g/mol. The number of nitrogens with zero attached hydrogens (tertiary/aromatic N) is 1. The van der Waals surface area contributed by atoms with Crippen molar-refractivity contribution in [3.8, 4) is 33.4 Å². The van der Waals surface area contributed by atoms with E-state index in [1.165, 1.54) is 60.5 Å². The first-order valence-electron chi connectivity index (χ1n) is 23.8. The Morgan fingerprint density at radius 1 is 0.304 bits per heavy atom. The topological polar surface area (TPSA) is 16.4 Å². The summed E-state index contributed by atoms with van der Waals surface area (Å²) in [4.78, 5) is 2.49. The molecule has 0 saturated heterocycles. The Hall–Kier alpha value is -8.98. The van der Waals surface area contributed by atoms with Gasteiger partial charge in [-0.25, -0.2) is 0 Å². The maximum absolute atomic E-state index is 7.04. The summed E-state index contributed by atoms with van der Waals surface area (Å²) in [7, 11) is 0. The first kappa shape index (κ1) is 39.2. The highest BCUT2D eigenvalue weighted by molar-refractivity contribution is 6.18. The molecule has 0 fully saturated rings. The van der Waals surface area contributed by atoms with Crippen LogP contribution in [-0.2, 0) is 5.41 Å². The summed E-state index contributed by atoms with van der Waals surface area (Å²) < 4.78 is 7.04. The van der Waals surface area contributed by atoms with Crippen LogP contribution in [0.1, 0.15) is 22.3 Å². The molecule has 13 aromatic rings. The minimum Gasteiger partial charge on any atom is -0.455 e. The average molecular weight is 878 g/mol. The van der Waals surface area contributed by atoms with Crippen molar-refractivity contribution in [1.82, 2.24) is 0 Å². The maximum Gasteiger partial charge on any atom is 0.143 e. The van der Waals surface area contributed by atoms with Gasteiger partial charge < -0.3 is 9.32 Å². The van der Waals surface area contributed by atoms with E-state index in [9.17, 15) is 0 Å². The van der Waals surface area contributed by atoms with Crippen LogP contribution in [0.2, 0.25) is 0 Å². The van der Waals surface area contributed by atoms with Crippen LogP contribution in [0, 0.1) is 0 Å². The van der Waals surface area contributed by atoms with Gasteiger partial charge in [-0.15, -0.1) is 0 Å². The third kappa shape index (κ3) is 5.92. The predicted molar refractivity (Wildman–Crippen MR) is 289 cm³/mol. The summed E-state index contributed by atoms with van der Waals surface area (Å²) in [5.41, 5.74) is 16.4. The van der Waals surface area contributed by atoms with E-state index in [1.807, 2.05) is 0 Å². The van der Waals surface area contributed by atoms with E-state index in [4.69, 9.17) is 4.42 Å². The van der Waals surface area contributed by atoms with Crippen LogP contribution in [0.25, 0.3) is 87.6 Å². The lowest BCUT2D eigenvalue weighted by Crippen LogP contribution is -2.28. The van der Waals surface area contributed by atoms with Crippen LogP contribution in [0.15, 0.2) is 265 Å². The van der Waals surface area contributed by atoms with Crippen LogP contribution in [0.5, 0.6) is 0 Å². The quantitative estimate of drug-likeness (QED) is 0.148. The molecule has 0 saturated carbocycles. The van der Waals surface area contributed by atoms with Crippen LogP contribution in [0.3, 0.4) is 0 Å². The Morgan fingerprint density at radius 3 is 1.62 bits per heavy atom. The second-order valence-corrected chi connectivity index (χ2v) is 18.3. The number of anilines is 3. The van der Waals surface area contributed by atoms with Gasteiger partial charge in [0.2, 0.25) is 0 Å². The minimum atomic E-state index is -0.552. The molecule has 1 aromatic heterocycles. The highest BCUT2D eigenvalue weighted by Gasteiger charge is 2.47. The molecule has 0 aliphatic heterocycles. The number of para-hydroxylation sites is 2. The molecule has 0 amide bonds. The number of furan rings is 1. The molecule has 0 spiro atoms. The van der Waals surface area contributed by atoms with Crippen molar-refractivity contribution < 1.29 is 4.42 Å². The molecule has 0 radical (unpaired) electrons. The Morgan fingerprint density at radius 2 is 0.826 bits per heavy atom. The number of hydrogen-bond donors (Lipinski definition) is 0. The molecule has 14 rings (SSSR count). The molecular weight excluding hydrogens is 835 g/mol. The molecule has 0 atom stereocenters. The van der Waals surface area contributed by atoms with Gasteiger partial charge in [0.15, 0.2) is 0 Å². The number of hydrogen-bond acceptors (Lipinski definition) is 2. The lowest BCUT2D eigenvalue weighted by atomic mass is 9.68. The van der Waals surface area contributed by atoms with Crippen molar-refractivity contribution in [2.75, 3.05) is 4.90 Å². The summed E-state index contributed by atoms with van der Waals surface area (Å²) in [6, 6.07) is 95.6. The van der Waals surface area contributed by atoms with E-state index in [0.29, 0.717) is 0 Å². The Bertz CT molecular complexity index is 4090. The lowest BCUT2D eigenvalue weighted by molar-refractivity contribution is 0.674. The Balaban J connectivity index is 1.01. The van der Waals surface area contributed by atoms with Crippen LogP contribution < -0.4 is 4.90 Å². The van der Waals surface area contributed by atoms with Gasteiger partial charge in [-0.3, -0.25) is 0 Å². The van der Waals surface area contributed by atoms with E-state index in [1.54, 1.807) is 0 Å². The second-order valence-electron chi connectivity index (χ2n) is 18.3. The third-order valence-electron chi connectivity index (χ3n) is 14.7. The fourth-order valence-electron chi connectivity index (χ4n) is 11.7. The van der Waals surface area contributed by atoms with Crippen LogP contribution >= 0.6 is 0 Å². The number of rotatable bonds is 7. The van der Waals surface area contributed by atoms with E-state index in [0.717, 1.165) is 66.5 Å². The molecule has 1 heterocycles. The van der Waals surface area contributed by atoms with Crippen molar-refractivity contribution in [2.24, 2.45) is 0 Å². The molecule has 0 unspecified atom stereocenters. The zero-order valence-corrected chi connectivity index (χ0v) is 37.7. The van der Waals surface area contributed by atoms with Crippen molar-refractivity contribution in [1.29, 1.82) is 0 Å². The third-order valence-corrected chi connectivity index (χ3v) is 14.7. The lowest BCUT2D eigenvalue weighted by Gasteiger charge is -2.34. The van der Waals surface area contributed by atoms with Crippen molar-refractivity contribution >= 4 is 71.3 Å². The SMILES string of the molecule is c1ccc(C2(c3ccccc3)c3ccccc3-c3c(N(c4ccc(-c5ccc6c(ccc7ccccc76)c5)cc4)c4ccccc4-c4cccc5c4oc4c6ccccc6ccc54)cccc32)cc1. The molecule has 69 heavy (non-hydrogen) atoms. The number of fused-ring (bicyclic) bond motifs is 11. The van der Waals surface area contributed by atoms with Gasteiger partial charge in [0.1, 0.15) is 11.2 Å². The van der Waals surface area contributed by atoms with Crippen LogP contribution in [-0.4, -0.2) is 0 Å². The smallest absolute Gasteiger partial charge is 0.143 e. The summed E-state index contributed by atoms with van der Waals surface area (Å²) in [5, 5.41) is 9.54.